The van der Waals surface area contributed by atoms with Gasteiger partial charge in [-0.1, -0.05) is 13.0 Å². The quantitative estimate of drug-likeness (QED) is 0.905. The van der Waals surface area contributed by atoms with Gasteiger partial charge in [0.1, 0.15) is 11.5 Å². The summed E-state index contributed by atoms with van der Waals surface area (Å²) in [4.78, 5) is 14.5. The summed E-state index contributed by atoms with van der Waals surface area (Å²) in [5.41, 5.74) is -0.422. The van der Waals surface area contributed by atoms with Crippen LogP contribution in [0.15, 0.2) is 18.2 Å². The molecule has 0 unspecified atom stereocenters. The lowest BCUT2D eigenvalue weighted by Crippen LogP contribution is -2.07. The number of aromatic carboxylic acids is 1. The second kappa shape index (κ2) is 4.52. The van der Waals surface area contributed by atoms with Gasteiger partial charge in [-0.05, 0) is 12.1 Å². The van der Waals surface area contributed by atoms with Crippen LogP contribution in [0.2, 0.25) is 0 Å². The lowest BCUT2D eigenvalue weighted by molar-refractivity contribution is 0.0683. The van der Waals surface area contributed by atoms with Crippen molar-refractivity contribution in [3.8, 4) is 5.69 Å². The number of hydrogen-bond acceptors (Lipinski definition) is 3. The number of carboxylic acids is 1. The molecule has 0 bridgehead atoms. The van der Waals surface area contributed by atoms with Crippen molar-refractivity contribution >= 4 is 5.97 Å². The predicted octanol–water partition coefficient (Wildman–Crippen LogP) is 1.81. The average Bonchev–Trinajstić information content (AvgIpc) is 2.73. The summed E-state index contributed by atoms with van der Waals surface area (Å²) in [5, 5.41) is 12.4. The van der Waals surface area contributed by atoms with E-state index >= 15 is 0 Å². The van der Waals surface area contributed by atoms with Crippen LogP contribution in [0.4, 0.5) is 8.78 Å². The van der Waals surface area contributed by atoms with Gasteiger partial charge in [0.05, 0.1) is 0 Å². The van der Waals surface area contributed by atoms with E-state index in [0.717, 1.165) is 16.8 Å². The summed E-state index contributed by atoms with van der Waals surface area (Å²) in [6, 6.07) is 3.36. The third kappa shape index (κ3) is 1.94. The van der Waals surface area contributed by atoms with Gasteiger partial charge in [0.25, 0.3) is 5.82 Å². The molecule has 0 aliphatic heterocycles. The maximum atomic E-state index is 13.6. The summed E-state index contributed by atoms with van der Waals surface area (Å²) in [7, 11) is 0. The largest absolute Gasteiger partial charge is 0.475 e. The number of carboxylic acid groups (broad SMARTS) is 1. The van der Waals surface area contributed by atoms with E-state index in [0.29, 0.717) is 6.42 Å². The van der Waals surface area contributed by atoms with Crippen LogP contribution >= 0.6 is 0 Å². The van der Waals surface area contributed by atoms with E-state index in [1.165, 1.54) is 6.07 Å². The lowest BCUT2D eigenvalue weighted by Gasteiger charge is -2.06. The Hall–Kier alpha value is -2.31. The normalized spacial score (nSPS) is 10.6. The van der Waals surface area contributed by atoms with Gasteiger partial charge in [-0.15, -0.1) is 5.10 Å². The number of para-hydroxylation sites is 1. The van der Waals surface area contributed by atoms with Crippen LogP contribution in [0.3, 0.4) is 0 Å². The molecule has 1 heterocycles. The molecular weight excluding hydrogens is 244 g/mol. The van der Waals surface area contributed by atoms with Crippen LogP contribution in [0.5, 0.6) is 0 Å². The maximum absolute atomic E-state index is 13.6. The molecule has 0 aliphatic carbocycles. The van der Waals surface area contributed by atoms with E-state index in [9.17, 15) is 13.6 Å². The van der Waals surface area contributed by atoms with Crippen molar-refractivity contribution in [2.45, 2.75) is 13.3 Å². The Kier molecular flexibility index (Phi) is 3.05. The summed E-state index contributed by atoms with van der Waals surface area (Å²) in [6.07, 6.45) is 0.300. The van der Waals surface area contributed by atoms with Gasteiger partial charge < -0.3 is 5.11 Å². The number of aryl methyl sites for hydroxylation is 1. The van der Waals surface area contributed by atoms with Crippen molar-refractivity contribution in [3.63, 3.8) is 0 Å². The number of benzene rings is 1. The Morgan fingerprint density at radius 2 is 2.00 bits per heavy atom. The molecule has 18 heavy (non-hydrogen) atoms. The van der Waals surface area contributed by atoms with E-state index in [1.54, 1.807) is 6.92 Å². The van der Waals surface area contributed by atoms with Crippen LogP contribution in [0, 0.1) is 11.6 Å². The standard InChI is InChI=1S/C11H9F2N3O2/c1-2-8-14-10(11(17)18)15-16(8)9-6(12)4-3-5-7(9)13/h3-5H,2H2,1H3,(H,17,18). The number of hydrogen-bond donors (Lipinski definition) is 1. The minimum Gasteiger partial charge on any atom is -0.475 e. The van der Waals surface area contributed by atoms with E-state index < -0.39 is 29.1 Å². The monoisotopic (exact) mass is 253 g/mol. The number of aromatic nitrogens is 3. The summed E-state index contributed by atoms with van der Waals surface area (Å²) in [6.45, 7) is 1.69. The summed E-state index contributed by atoms with van der Waals surface area (Å²) in [5.74, 6) is -3.32. The fraction of sp³-hybridized carbons (Fsp3) is 0.182. The molecule has 1 aromatic carbocycles. The zero-order chi connectivity index (χ0) is 13.3. The molecule has 0 radical (unpaired) electrons. The maximum Gasteiger partial charge on any atom is 0.375 e. The Balaban J connectivity index is 2.66. The SMILES string of the molecule is CCc1nc(C(=O)O)nn1-c1c(F)cccc1F. The van der Waals surface area contributed by atoms with Crippen LogP contribution < -0.4 is 0 Å². The Labute approximate surface area is 101 Å². The number of rotatable bonds is 3. The van der Waals surface area contributed by atoms with Crippen molar-refractivity contribution in [1.29, 1.82) is 0 Å². The first kappa shape index (κ1) is 12.2. The molecule has 0 amide bonds. The Morgan fingerprint density at radius 1 is 1.39 bits per heavy atom. The van der Waals surface area contributed by atoms with Gasteiger partial charge in [-0.3, -0.25) is 0 Å². The minimum absolute atomic E-state index is 0.177. The van der Waals surface area contributed by atoms with Crippen molar-refractivity contribution in [3.05, 3.63) is 41.5 Å². The van der Waals surface area contributed by atoms with Gasteiger partial charge >= 0.3 is 5.97 Å². The number of nitrogens with zero attached hydrogens (tertiary/aromatic N) is 3. The molecule has 7 heteroatoms. The molecule has 0 fully saturated rings. The second-order valence-corrected chi connectivity index (χ2v) is 3.49. The molecule has 1 N–H and O–H groups in total. The zero-order valence-electron chi connectivity index (χ0n) is 9.39. The topological polar surface area (TPSA) is 68.0 Å². The highest BCUT2D eigenvalue weighted by atomic mass is 19.1. The van der Waals surface area contributed by atoms with E-state index in [-0.39, 0.29) is 5.82 Å². The first-order chi connectivity index (χ1) is 8.54. The van der Waals surface area contributed by atoms with Crippen molar-refractivity contribution in [2.75, 3.05) is 0 Å². The molecule has 94 valence electrons. The highest BCUT2D eigenvalue weighted by Gasteiger charge is 2.19. The van der Waals surface area contributed by atoms with Crippen LogP contribution in [-0.4, -0.2) is 25.8 Å². The van der Waals surface area contributed by atoms with Crippen molar-refractivity contribution in [2.24, 2.45) is 0 Å². The zero-order valence-corrected chi connectivity index (χ0v) is 9.39. The van der Waals surface area contributed by atoms with Crippen LogP contribution in [0.1, 0.15) is 23.4 Å². The van der Waals surface area contributed by atoms with E-state index in [4.69, 9.17) is 5.11 Å². The van der Waals surface area contributed by atoms with Crippen molar-refractivity contribution in [1.82, 2.24) is 14.8 Å². The van der Waals surface area contributed by atoms with Gasteiger partial charge in [-0.2, -0.15) is 0 Å². The molecule has 0 saturated heterocycles. The van der Waals surface area contributed by atoms with Crippen LogP contribution in [0.25, 0.3) is 5.69 Å². The van der Waals surface area contributed by atoms with Crippen molar-refractivity contribution < 1.29 is 18.7 Å². The average molecular weight is 253 g/mol. The highest BCUT2D eigenvalue weighted by molar-refractivity contribution is 5.83. The molecule has 0 aliphatic rings. The third-order valence-electron chi connectivity index (χ3n) is 2.33. The summed E-state index contributed by atoms with van der Waals surface area (Å²) < 4.78 is 28.1. The lowest BCUT2D eigenvalue weighted by atomic mass is 10.3. The molecule has 5 nitrogen and oxygen atoms in total. The van der Waals surface area contributed by atoms with Gasteiger partial charge in [0.15, 0.2) is 11.6 Å². The molecule has 0 saturated carbocycles. The third-order valence-corrected chi connectivity index (χ3v) is 2.33. The smallest absolute Gasteiger partial charge is 0.375 e. The molecular formula is C11H9F2N3O2. The Bertz CT molecular complexity index is 590. The van der Waals surface area contributed by atoms with Crippen LogP contribution in [-0.2, 0) is 6.42 Å². The molecule has 1 aromatic heterocycles. The fourth-order valence-corrected chi connectivity index (χ4v) is 1.53. The predicted molar refractivity (Wildman–Crippen MR) is 57.6 cm³/mol. The first-order valence-electron chi connectivity index (χ1n) is 5.18. The fourth-order valence-electron chi connectivity index (χ4n) is 1.53. The summed E-state index contributed by atoms with van der Waals surface area (Å²) >= 11 is 0. The van der Waals surface area contributed by atoms with E-state index in [1.807, 2.05) is 0 Å². The first-order valence-corrected chi connectivity index (χ1v) is 5.18. The molecule has 2 rings (SSSR count). The van der Waals surface area contributed by atoms with Gasteiger partial charge in [0, 0.05) is 6.42 Å². The van der Waals surface area contributed by atoms with E-state index in [2.05, 4.69) is 10.1 Å². The molecule has 2 aromatic rings. The number of halogens is 2. The number of carbonyl (C=O) groups is 1. The molecule has 0 spiro atoms. The highest BCUT2D eigenvalue weighted by Crippen LogP contribution is 2.18. The van der Waals surface area contributed by atoms with Gasteiger partial charge in [0.2, 0.25) is 0 Å². The second-order valence-electron chi connectivity index (χ2n) is 3.49. The Morgan fingerprint density at radius 3 is 2.50 bits per heavy atom. The van der Waals surface area contributed by atoms with Gasteiger partial charge in [-0.25, -0.2) is 23.2 Å². The molecule has 0 atom stereocenters. The minimum atomic E-state index is -1.35.